The van der Waals surface area contributed by atoms with Crippen LogP contribution in [0.25, 0.3) is 11.0 Å². The second kappa shape index (κ2) is 8.17. The lowest BCUT2D eigenvalue weighted by molar-refractivity contribution is -0.149. The zero-order valence-electron chi connectivity index (χ0n) is 19.5. The molecule has 2 aliphatic rings. The van der Waals surface area contributed by atoms with Crippen molar-refractivity contribution in [3.63, 3.8) is 0 Å². The summed E-state index contributed by atoms with van der Waals surface area (Å²) < 4.78 is 6.09. The van der Waals surface area contributed by atoms with Gasteiger partial charge in [0.2, 0.25) is 11.8 Å². The standard InChI is InChI=1S/C29H24N2O5/c1-2-17-12-14-20(15-13-17)31-26(32)23-24(27(31)33)29(28(34)35,19-9-4-3-5-10-19)30-25(23)22-16-18-8-6-7-11-21(18)36-22/h3-16,23-25,30H,2H2,1H3,(H,34,35). The Kier molecular flexibility index (Phi) is 5.05. The first-order chi connectivity index (χ1) is 17.5. The van der Waals surface area contributed by atoms with Crippen LogP contribution in [-0.2, 0) is 26.3 Å². The van der Waals surface area contributed by atoms with E-state index in [-0.39, 0.29) is 0 Å². The quantitative estimate of drug-likeness (QED) is 0.410. The number of aryl methyl sites for hydroxylation is 1. The summed E-state index contributed by atoms with van der Waals surface area (Å²) in [4.78, 5) is 42.1. The van der Waals surface area contributed by atoms with Crippen molar-refractivity contribution in [2.24, 2.45) is 11.8 Å². The van der Waals surface area contributed by atoms with Gasteiger partial charge in [-0.25, -0.2) is 9.69 Å². The van der Waals surface area contributed by atoms with Gasteiger partial charge in [-0.1, -0.05) is 67.6 Å². The van der Waals surface area contributed by atoms with Gasteiger partial charge in [-0.15, -0.1) is 0 Å². The van der Waals surface area contributed by atoms with Gasteiger partial charge in [0.15, 0.2) is 5.54 Å². The van der Waals surface area contributed by atoms with Crippen LogP contribution >= 0.6 is 0 Å². The molecule has 0 spiro atoms. The van der Waals surface area contributed by atoms with Gasteiger partial charge < -0.3 is 9.52 Å². The van der Waals surface area contributed by atoms with E-state index in [4.69, 9.17) is 4.42 Å². The maximum Gasteiger partial charge on any atom is 0.329 e. The minimum absolute atomic E-state index is 0.412. The third-order valence-corrected chi connectivity index (χ3v) is 7.48. The van der Waals surface area contributed by atoms with E-state index in [1.807, 2.05) is 49.4 Å². The summed E-state index contributed by atoms with van der Waals surface area (Å²) in [6.07, 6.45) is 0.821. The monoisotopic (exact) mass is 480 g/mol. The van der Waals surface area contributed by atoms with Crippen LogP contribution in [0.15, 0.2) is 89.3 Å². The molecule has 36 heavy (non-hydrogen) atoms. The molecule has 180 valence electrons. The van der Waals surface area contributed by atoms with Crippen LogP contribution in [0, 0.1) is 11.8 Å². The summed E-state index contributed by atoms with van der Waals surface area (Å²) in [5, 5.41) is 14.6. The van der Waals surface area contributed by atoms with Crippen molar-refractivity contribution < 1.29 is 23.9 Å². The van der Waals surface area contributed by atoms with Crippen LogP contribution in [0.5, 0.6) is 0 Å². The molecule has 3 aromatic carbocycles. The lowest BCUT2D eigenvalue weighted by atomic mass is 9.75. The Bertz CT molecular complexity index is 1460. The second-order valence-electron chi connectivity index (χ2n) is 9.32. The number of furan rings is 1. The van der Waals surface area contributed by atoms with Gasteiger partial charge in [0.1, 0.15) is 11.3 Å². The average Bonchev–Trinajstić information content (AvgIpc) is 3.56. The molecule has 0 saturated carbocycles. The number of aliphatic carboxylic acids is 1. The SMILES string of the molecule is CCc1ccc(N2C(=O)C3C(c4cc5ccccc5o4)NC(C(=O)O)(c4ccccc4)C3C2=O)cc1. The number of carbonyl (C=O) groups excluding carboxylic acids is 2. The summed E-state index contributed by atoms with van der Waals surface area (Å²) in [6, 6.07) is 24.3. The van der Waals surface area contributed by atoms with Crippen LogP contribution in [0.4, 0.5) is 5.69 Å². The molecule has 1 aromatic heterocycles. The molecular formula is C29H24N2O5. The zero-order valence-corrected chi connectivity index (χ0v) is 19.5. The second-order valence-corrected chi connectivity index (χ2v) is 9.32. The summed E-state index contributed by atoms with van der Waals surface area (Å²) in [5.41, 5.74) is 0.745. The molecule has 2 amide bonds. The molecule has 2 fully saturated rings. The predicted octanol–water partition coefficient (Wildman–Crippen LogP) is 4.43. The number of imide groups is 1. The molecule has 4 aromatic rings. The number of carboxylic acids is 1. The molecule has 7 heteroatoms. The number of para-hydroxylation sites is 1. The first kappa shape index (κ1) is 22.2. The normalized spacial score (nSPS) is 25.5. The third kappa shape index (κ3) is 3.06. The molecule has 6 rings (SSSR count). The number of amides is 2. The van der Waals surface area contributed by atoms with Crippen LogP contribution in [0.1, 0.15) is 29.9 Å². The third-order valence-electron chi connectivity index (χ3n) is 7.48. The number of benzene rings is 3. The van der Waals surface area contributed by atoms with Gasteiger partial charge in [0.25, 0.3) is 0 Å². The smallest absolute Gasteiger partial charge is 0.329 e. The van der Waals surface area contributed by atoms with E-state index in [1.165, 1.54) is 0 Å². The van der Waals surface area contributed by atoms with Crippen molar-refractivity contribution in [1.29, 1.82) is 0 Å². The highest BCUT2D eigenvalue weighted by atomic mass is 16.4. The lowest BCUT2D eigenvalue weighted by Gasteiger charge is -2.31. The number of fused-ring (bicyclic) bond motifs is 2. The predicted molar refractivity (Wildman–Crippen MR) is 133 cm³/mol. The van der Waals surface area contributed by atoms with Crippen LogP contribution in [-0.4, -0.2) is 22.9 Å². The van der Waals surface area contributed by atoms with Crippen molar-refractivity contribution in [3.05, 3.63) is 102 Å². The summed E-state index contributed by atoms with van der Waals surface area (Å²) >= 11 is 0. The number of carbonyl (C=O) groups is 3. The molecule has 7 nitrogen and oxygen atoms in total. The van der Waals surface area contributed by atoms with Crippen LogP contribution in [0.3, 0.4) is 0 Å². The van der Waals surface area contributed by atoms with E-state index in [0.29, 0.717) is 22.6 Å². The Morgan fingerprint density at radius 2 is 1.67 bits per heavy atom. The number of hydrogen-bond acceptors (Lipinski definition) is 5. The van der Waals surface area contributed by atoms with Crippen molar-refractivity contribution in [2.75, 3.05) is 4.90 Å². The topological polar surface area (TPSA) is 99.8 Å². The summed E-state index contributed by atoms with van der Waals surface area (Å²) in [5.74, 6) is -3.88. The highest BCUT2D eigenvalue weighted by molar-refractivity contribution is 6.24. The summed E-state index contributed by atoms with van der Waals surface area (Å²) in [6.45, 7) is 2.02. The van der Waals surface area contributed by atoms with Gasteiger partial charge >= 0.3 is 5.97 Å². The minimum atomic E-state index is -1.81. The number of hydrogen-bond donors (Lipinski definition) is 2. The van der Waals surface area contributed by atoms with E-state index >= 15 is 0 Å². The van der Waals surface area contributed by atoms with Crippen LogP contribution in [0.2, 0.25) is 0 Å². The Morgan fingerprint density at radius 1 is 0.972 bits per heavy atom. The van der Waals surface area contributed by atoms with Crippen molar-refractivity contribution >= 4 is 34.4 Å². The fourth-order valence-electron chi connectivity index (χ4n) is 5.73. The number of rotatable bonds is 5. The first-order valence-electron chi connectivity index (χ1n) is 12.0. The van der Waals surface area contributed by atoms with E-state index in [2.05, 4.69) is 5.32 Å². The maximum absolute atomic E-state index is 14.0. The average molecular weight is 481 g/mol. The highest BCUT2D eigenvalue weighted by Crippen LogP contribution is 2.54. The highest BCUT2D eigenvalue weighted by Gasteiger charge is 2.70. The Hall–Kier alpha value is -4.23. The van der Waals surface area contributed by atoms with Crippen molar-refractivity contribution in [3.8, 4) is 0 Å². The molecule has 0 aliphatic carbocycles. The molecule has 0 bridgehead atoms. The Morgan fingerprint density at radius 3 is 2.33 bits per heavy atom. The van der Waals surface area contributed by atoms with Crippen molar-refractivity contribution in [2.45, 2.75) is 24.9 Å². The van der Waals surface area contributed by atoms with Gasteiger partial charge in [0.05, 0.1) is 23.6 Å². The number of nitrogens with one attached hydrogen (secondary N) is 1. The Balaban J connectivity index is 1.54. The molecule has 3 heterocycles. The Labute approximate surface area is 207 Å². The van der Waals surface area contributed by atoms with Gasteiger partial charge in [-0.05, 0) is 41.8 Å². The molecule has 4 unspecified atom stereocenters. The van der Waals surface area contributed by atoms with E-state index in [0.717, 1.165) is 22.3 Å². The van der Waals surface area contributed by atoms with Gasteiger partial charge in [0, 0.05) is 5.39 Å². The molecular weight excluding hydrogens is 456 g/mol. The summed E-state index contributed by atoms with van der Waals surface area (Å²) in [7, 11) is 0. The van der Waals surface area contributed by atoms with Crippen molar-refractivity contribution in [1.82, 2.24) is 5.32 Å². The number of anilines is 1. The molecule has 2 N–H and O–H groups in total. The lowest BCUT2D eigenvalue weighted by Crippen LogP contribution is -2.53. The maximum atomic E-state index is 14.0. The largest absolute Gasteiger partial charge is 0.480 e. The van der Waals surface area contributed by atoms with E-state index in [1.54, 1.807) is 42.5 Å². The number of carboxylic acid groups (broad SMARTS) is 1. The van der Waals surface area contributed by atoms with E-state index in [9.17, 15) is 19.5 Å². The number of nitrogens with zero attached hydrogens (tertiary/aromatic N) is 1. The van der Waals surface area contributed by atoms with Crippen LogP contribution < -0.4 is 10.2 Å². The minimum Gasteiger partial charge on any atom is -0.480 e. The van der Waals surface area contributed by atoms with Gasteiger partial charge in [-0.3, -0.25) is 14.9 Å². The molecule has 2 aliphatic heterocycles. The first-order valence-corrected chi connectivity index (χ1v) is 12.0. The zero-order chi connectivity index (χ0) is 25.0. The van der Waals surface area contributed by atoms with E-state index < -0.39 is 41.2 Å². The fraction of sp³-hybridized carbons (Fsp3) is 0.207. The molecule has 4 atom stereocenters. The van der Waals surface area contributed by atoms with Gasteiger partial charge in [-0.2, -0.15) is 0 Å². The fourth-order valence-corrected chi connectivity index (χ4v) is 5.73. The molecule has 2 saturated heterocycles. The molecule has 0 radical (unpaired) electrons.